The van der Waals surface area contributed by atoms with Gasteiger partial charge >= 0.3 is 0 Å². The van der Waals surface area contributed by atoms with Crippen molar-refractivity contribution in [2.75, 3.05) is 20.3 Å². The molecule has 0 radical (unpaired) electrons. The van der Waals surface area contributed by atoms with Crippen LogP contribution in [-0.4, -0.2) is 32.4 Å². The molecular formula is C26H28N2O4. The number of nitrogens with zero attached hydrogens (tertiary/aromatic N) is 1. The van der Waals surface area contributed by atoms with Gasteiger partial charge in [-0.25, -0.2) is 5.43 Å². The van der Waals surface area contributed by atoms with Crippen LogP contribution in [0.3, 0.4) is 0 Å². The molecule has 6 nitrogen and oxygen atoms in total. The van der Waals surface area contributed by atoms with E-state index in [4.69, 9.17) is 14.2 Å². The van der Waals surface area contributed by atoms with E-state index >= 15 is 0 Å². The molecule has 3 aromatic carbocycles. The summed E-state index contributed by atoms with van der Waals surface area (Å²) in [5.74, 6) is 1.78. The minimum absolute atomic E-state index is 0.282. The molecule has 0 saturated heterocycles. The average Bonchev–Trinajstić information content (AvgIpc) is 2.82. The highest BCUT2D eigenvalue weighted by Crippen LogP contribution is 2.30. The second-order valence-corrected chi connectivity index (χ2v) is 7.19. The van der Waals surface area contributed by atoms with Crippen molar-refractivity contribution in [1.82, 2.24) is 5.43 Å². The summed E-state index contributed by atoms with van der Waals surface area (Å²) in [6.45, 7) is 5.11. The third-order valence-electron chi connectivity index (χ3n) is 4.98. The molecule has 3 rings (SSSR count). The number of carbonyl (C=O) groups is 1. The van der Waals surface area contributed by atoms with E-state index in [9.17, 15) is 4.79 Å². The van der Waals surface area contributed by atoms with Crippen LogP contribution in [0.25, 0.3) is 0 Å². The van der Waals surface area contributed by atoms with Crippen molar-refractivity contribution in [1.29, 1.82) is 0 Å². The number of methoxy groups -OCH3 is 1. The maximum atomic E-state index is 12.2. The van der Waals surface area contributed by atoms with E-state index < -0.39 is 0 Å². The Morgan fingerprint density at radius 3 is 2.41 bits per heavy atom. The van der Waals surface area contributed by atoms with Crippen LogP contribution in [0.15, 0.2) is 71.8 Å². The highest BCUT2D eigenvalue weighted by Gasteiger charge is 2.10. The molecule has 0 spiro atoms. The minimum atomic E-state index is -0.282. The Balaban J connectivity index is 1.57. The zero-order chi connectivity index (χ0) is 22.8. The van der Waals surface area contributed by atoms with Crippen LogP contribution < -0.4 is 19.6 Å². The monoisotopic (exact) mass is 432 g/mol. The first kappa shape index (κ1) is 22.9. The number of hydrazone groups is 1. The summed E-state index contributed by atoms with van der Waals surface area (Å²) < 4.78 is 17.3. The third kappa shape index (κ3) is 6.11. The molecular weight excluding hydrogens is 404 g/mol. The number of carbonyl (C=O) groups excluding carboxylic acids is 1. The van der Waals surface area contributed by atoms with Crippen molar-refractivity contribution in [3.05, 3.63) is 89.0 Å². The number of ether oxygens (including phenoxy) is 3. The van der Waals surface area contributed by atoms with Gasteiger partial charge in [0.25, 0.3) is 5.91 Å². The largest absolute Gasteiger partial charge is 0.493 e. The Kier molecular flexibility index (Phi) is 8.26. The van der Waals surface area contributed by atoms with Gasteiger partial charge in [-0.05, 0) is 55.3 Å². The molecule has 0 bridgehead atoms. The first-order valence-electron chi connectivity index (χ1n) is 10.5. The summed E-state index contributed by atoms with van der Waals surface area (Å²) in [6, 6.07) is 20.5. The fourth-order valence-corrected chi connectivity index (χ4v) is 3.06. The van der Waals surface area contributed by atoms with Gasteiger partial charge in [-0.3, -0.25) is 4.79 Å². The lowest BCUT2D eigenvalue weighted by atomic mass is 10.1. The molecule has 1 N–H and O–H groups in total. The van der Waals surface area contributed by atoms with Crippen molar-refractivity contribution < 1.29 is 19.0 Å². The summed E-state index contributed by atoms with van der Waals surface area (Å²) in [4.78, 5) is 12.2. The first-order chi connectivity index (χ1) is 15.6. The highest BCUT2D eigenvalue weighted by molar-refractivity contribution is 5.95. The lowest BCUT2D eigenvalue weighted by molar-refractivity contribution is 0.0955. The van der Waals surface area contributed by atoms with E-state index in [2.05, 4.69) is 30.4 Å². The molecule has 6 heteroatoms. The molecule has 3 aromatic rings. The van der Waals surface area contributed by atoms with Crippen molar-refractivity contribution in [2.45, 2.75) is 20.3 Å². The summed E-state index contributed by atoms with van der Waals surface area (Å²) in [5, 5.41) is 4.07. The average molecular weight is 433 g/mol. The first-order valence-corrected chi connectivity index (χ1v) is 10.5. The quantitative estimate of drug-likeness (QED) is 0.280. The molecule has 0 atom stereocenters. The van der Waals surface area contributed by atoms with Crippen LogP contribution in [0.2, 0.25) is 0 Å². The molecule has 0 unspecified atom stereocenters. The van der Waals surface area contributed by atoms with E-state index in [-0.39, 0.29) is 5.91 Å². The topological polar surface area (TPSA) is 69.2 Å². The smallest absolute Gasteiger partial charge is 0.271 e. The molecule has 0 aliphatic rings. The maximum absolute atomic E-state index is 12.2. The maximum Gasteiger partial charge on any atom is 0.271 e. The second kappa shape index (κ2) is 11.6. The Labute approximate surface area is 188 Å². The van der Waals surface area contributed by atoms with Crippen LogP contribution in [-0.2, 0) is 0 Å². The number of hydrogen-bond donors (Lipinski definition) is 1. The van der Waals surface area contributed by atoms with E-state index in [1.54, 1.807) is 37.6 Å². The fraction of sp³-hybridized carbons (Fsp3) is 0.231. The molecule has 32 heavy (non-hydrogen) atoms. The van der Waals surface area contributed by atoms with Gasteiger partial charge in [0.1, 0.15) is 5.75 Å². The molecule has 0 heterocycles. The van der Waals surface area contributed by atoms with E-state index in [1.165, 1.54) is 5.56 Å². The van der Waals surface area contributed by atoms with E-state index in [0.29, 0.717) is 42.3 Å². The van der Waals surface area contributed by atoms with Gasteiger partial charge in [-0.15, -0.1) is 0 Å². The Bertz CT molecular complexity index is 1060. The van der Waals surface area contributed by atoms with Crippen molar-refractivity contribution in [3.63, 3.8) is 0 Å². The number of amides is 1. The fourth-order valence-electron chi connectivity index (χ4n) is 3.06. The number of aryl methyl sites for hydroxylation is 1. The van der Waals surface area contributed by atoms with E-state index in [0.717, 1.165) is 11.3 Å². The van der Waals surface area contributed by atoms with Crippen LogP contribution in [0, 0.1) is 13.8 Å². The van der Waals surface area contributed by atoms with Crippen LogP contribution in [0.5, 0.6) is 17.2 Å². The minimum Gasteiger partial charge on any atom is -0.493 e. The van der Waals surface area contributed by atoms with Gasteiger partial charge in [0.2, 0.25) is 0 Å². The van der Waals surface area contributed by atoms with Gasteiger partial charge in [-0.2, -0.15) is 5.10 Å². The summed E-state index contributed by atoms with van der Waals surface area (Å²) in [5.41, 5.74) is 6.12. The molecule has 1 amide bonds. The molecule has 0 aromatic heterocycles. The summed E-state index contributed by atoms with van der Waals surface area (Å²) >= 11 is 0. The molecule has 0 aliphatic heterocycles. The van der Waals surface area contributed by atoms with E-state index in [1.807, 2.05) is 36.4 Å². The third-order valence-corrected chi connectivity index (χ3v) is 4.98. The van der Waals surface area contributed by atoms with Crippen molar-refractivity contribution in [3.8, 4) is 17.2 Å². The van der Waals surface area contributed by atoms with Gasteiger partial charge in [-0.1, -0.05) is 36.4 Å². The Morgan fingerprint density at radius 1 is 0.906 bits per heavy atom. The van der Waals surface area contributed by atoms with Gasteiger partial charge in [0, 0.05) is 17.5 Å². The molecule has 166 valence electrons. The lowest BCUT2D eigenvalue weighted by Gasteiger charge is -2.14. The normalized spacial score (nSPS) is 10.7. The van der Waals surface area contributed by atoms with Crippen LogP contribution >= 0.6 is 0 Å². The van der Waals surface area contributed by atoms with Gasteiger partial charge in [0.05, 0.1) is 26.5 Å². The Morgan fingerprint density at radius 2 is 1.62 bits per heavy atom. The summed E-state index contributed by atoms with van der Waals surface area (Å²) in [7, 11) is 1.59. The van der Waals surface area contributed by atoms with Gasteiger partial charge in [0.15, 0.2) is 11.5 Å². The molecule has 0 fully saturated rings. The molecule has 0 aliphatic carbocycles. The highest BCUT2D eigenvalue weighted by atomic mass is 16.5. The number of hydrogen-bond acceptors (Lipinski definition) is 5. The standard InChI is InChI=1S/C26H28N2O4/c1-19-10-7-14-23(20(19)2)31-16-9-17-32-25-22(13-8-15-24(25)30-3)18-27-28-26(29)21-11-5-4-6-12-21/h4-8,10-15,18H,9,16-17H2,1-3H3,(H,28,29). The second-order valence-electron chi connectivity index (χ2n) is 7.19. The number of nitrogens with one attached hydrogen (secondary N) is 1. The lowest BCUT2D eigenvalue weighted by Crippen LogP contribution is -2.17. The zero-order valence-corrected chi connectivity index (χ0v) is 18.6. The van der Waals surface area contributed by atoms with Crippen LogP contribution in [0.1, 0.15) is 33.5 Å². The number of para-hydroxylation sites is 1. The van der Waals surface area contributed by atoms with Crippen molar-refractivity contribution >= 4 is 12.1 Å². The molecule has 0 saturated carbocycles. The Hall–Kier alpha value is -3.80. The number of rotatable bonds is 10. The van der Waals surface area contributed by atoms with Crippen LogP contribution in [0.4, 0.5) is 0 Å². The van der Waals surface area contributed by atoms with Crippen molar-refractivity contribution in [2.24, 2.45) is 5.10 Å². The summed E-state index contributed by atoms with van der Waals surface area (Å²) in [6.07, 6.45) is 2.25. The van der Waals surface area contributed by atoms with Gasteiger partial charge < -0.3 is 14.2 Å². The SMILES string of the molecule is COc1cccc(C=NNC(=O)c2ccccc2)c1OCCCOc1cccc(C)c1C. The predicted molar refractivity (Wildman–Crippen MR) is 126 cm³/mol. The predicted octanol–water partition coefficient (Wildman–Crippen LogP) is 4.92. The zero-order valence-electron chi connectivity index (χ0n) is 18.6. The number of benzene rings is 3.